The first-order valence-electron chi connectivity index (χ1n) is 4.00. The summed E-state index contributed by atoms with van der Waals surface area (Å²) in [5.74, 6) is 0. The molecule has 0 aromatic heterocycles. The molecule has 3 N–H and O–H groups in total. The van der Waals surface area contributed by atoms with Crippen molar-refractivity contribution in [1.29, 1.82) is 0 Å². The number of benzene rings is 1. The second-order valence-corrected chi connectivity index (χ2v) is 2.57. The summed E-state index contributed by atoms with van der Waals surface area (Å²) in [5.41, 5.74) is 7.66. The van der Waals surface area contributed by atoms with Crippen molar-refractivity contribution in [2.75, 3.05) is 12.0 Å². The van der Waals surface area contributed by atoms with Gasteiger partial charge in [0.1, 0.15) is 0 Å². The highest BCUT2D eigenvalue weighted by Crippen LogP contribution is 2.09. The Morgan fingerprint density at radius 3 is 2.50 bits per heavy atom. The van der Waals surface area contributed by atoms with E-state index in [-0.39, 0.29) is 0 Å². The topological polar surface area (TPSA) is 38.0 Å². The maximum Gasteiger partial charge on any atom is 0.0628 e. The molecule has 0 aliphatic rings. The van der Waals surface area contributed by atoms with Crippen LogP contribution in [0.15, 0.2) is 36.9 Å². The second kappa shape index (κ2) is 4.57. The Morgan fingerprint density at radius 1 is 1.33 bits per heavy atom. The summed E-state index contributed by atoms with van der Waals surface area (Å²) in [6.45, 7) is 4.15. The lowest BCUT2D eigenvalue weighted by Gasteiger charge is -2.03. The summed E-state index contributed by atoms with van der Waals surface area (Å²) in [7, 11) is 0. The summed E-state index contributed by atoms with van der Waals surface area (Å²) >= 11 is 0. The molecule has 12 heavy (non-hydrogen) atoms. The number of allylic oxidation sites excluding steroid dienone is 1. The molecule has 0 aliphatic carbocycles. The average Bonchev–Trinajstić information content (AvgIpc) is 2.09. The van der Waals surface area contributed by atoms with E-state index in [0.29, 0.717) is 6.67 Å². The van der Waals surface area contributed by atoms with E-state index < -0.39 is 0 Å². The minimum atomic E-state index is 0.473. The average molecular weight is 162 g/mol. The van der Waals surface area contributed by atoms with Crippen LogP contribution in [0.25, 0.3) is 0 Å². The number of anilines is 1. The fourth-order valence-electron chi connectivity index (χ4n) is 1.04. The van der Waals surface area contributed by atoms with Gasteiger partial charge >= 0.3 is 0 Å². The normalized spacial score (nSPS) is 9.42. The van der Waals surface area contributed by atoms with Crippen LogP contribution in [0.4, 0.5) is 5.69 Å². The van der Waals surface area contributed by atoms with Crippen molar-refractivity contribution in [1.82, 2.24) is 0 Å². The third-order valence-electron chi connectivity index (χ3n) is 1.64. The molecule has 0 heterocycles. The van der Waals surface area contributed by atoms with Crippen LogP contribution in [0.3, 0.4) is 0 Å². The number of hydrogen-bond acceptors (Lipinski definition) is 2. The SMILES string of the molecule is C=CCc1ccc(NCN)cc1. The molecule has 0 unspecified atom stereocenters. The molecule has 0 fully saturated rings. The van der Waals surface area contributed by atoms with Crippen LogP contribution in [-0.2, 0) is 6.42 Å². The van der Waals surface area contributed by atoms with Gasteiger partial charge in [-0.15, -0.1) is 6.58 Å². The molecular formula is C10H14N2. The van der Waals surface area contributed by atoms with Crippen LogP contribution >= 0.6 is 0 Å². The molecule has 64 valence electrons. The van der Waals surface area contributed by atoms with Crippen molar-refractivity contribution < 1.29 is 0 Å². The zero-order valence-corrected chi connectivity index (χ0v) is 7.09. The minimum absolute atomic E-state index is 0.473. The lowest BCUT2D eigenvalue weighted by molar-refractivity contribution is 1.14. The van der Waals surface area contributed by atoms with Gasteiger partial charge in [0.2, 0.25) is 0 Å². The molecule has 2 nitrogen and oxygen atoms in total. The van der Waals surface area contributed by atoms with Gasteiger partial charge in [0.25, 0.3) is 0 Å². The molecule has 0 saturated carbocycles. The summed E-state index contributed by atoms with van der Waals surface area (Å²) in [6, 6.07) is 8.18. The molecule has 1 aromatic carbocycles. The van der Waals surface area contributed by atoms with Gasteiger partial charge in [0, 0.05) is 5.69 Å². The van der Waals surface area contributed by atoms with Gasteiger partial charge in [-0.2, -0.15) is 0 Å². The van der Waals surface area contributed by atoms with Crippen LogP contribution in [-0.4, -0.2) is 6.67 Å². The maximum atomic E-state index is 5.33. The van der Waals surface area contributed by atoms with Crippen LogP contribution < -0.4 is 11.1 Å². The molecule has 0 saturated heterocycles. The van der Waals surface area contributed by atoms with Crippen LogP contribution in [0.2, 0.25) is 0 Å². The highest BCUT2D eigenvalue weighted by molar-refractivity contribution is 5.44. The standard InChI is InChI=1S/C10H14N2/c1-2-3-9-4-6-10(7-5-9)12-8-11/h2,4-7,12H,1,3,8,11H2. The van der Waals surface area contributed by atoms with Gasteiger partial charge in [0.05, 0.1) is 6.67 Å². The number of rotatable bonds is 4. The van der Waals surface area contributed by atoms with Crippen LogP contribution in [0.1, 0.15) is 5.56 Å². The van der Waals surface area contributed by atoms with Crippen molar-refractivity contribution in [3.63, 3.8) is 0 Å². The van der Waals surface area contributed by atoms with Crippen LogP contribution in [0.5, 0.6) is 0 Å². The predicted molar refractivity (Wildman–Crippen MR) is 53.0 cm³/mol. The molecular weight excluding hydrogens is 148 g/mol. The minimum Gasteiger partial charge on any atom is -0.373 e. The largest absolute Gasteiger partial charge is 0.373 e. The molecule has 0 spiro atoms. The van der Waals surface area contributed by atoms with Gasteiger partial charge in [0.15, 0.2) is 0 Å². The van der Waals surface area contributed by atoms with Gasteiger partial charge < -0.3 is 11.1 Å². The molecule has 0 atom stereocenters. The van der Waals surface area contributed by atoms with Crippen LogP contribution in [0, 0.1) is 0 Å². The van der Waals surface area contributed by atoms with E-state index in [1.54, 1.807) is 0 Å². The first-order valence-corrected chi connectivity index (χ1v) is 4.00. The zero-order chi connectivity index (χ0) is 8.81. The predicted octanol–water partition coefficient (Wildman–Crippen LogP) is 1.74. The molecule has 0 aliphatic heterocycles. The third-order valence-corrected chi connectivity index (χ3v) is 1.64. The Labute approximate surface area is 73.1 Å². The van der Waals surface area contributed by atoms with E-state index in [2.05, 4.69) is 24.0 Å². The fourth-order valence-corrected chi connectivity index (χ4v) is 1.04. The Hall–Kier alpha value is -1.28. The first-order chi connectivity index (χ1) is 5.86. The van der Waals surface area contributed by atoms with Crippen molar-refractivity contribution in [2.45, 2.75) is 6.42 Å². The van der Waals surface area contributed by atoms with E-state index in [1.165, 1.54) is 5.56 Å². The van der Waals surface area contributed by atoms with Gasteiger partial charge in [-0.25, -0.2) is 0 Å². The quantitative estimate of drug-likeness (QED) is 0.523. The lowest BCUT2D eigenvalue weighted by atomic mass is 10.1. The molecule has 0 amide bonds. The monoisotopic (exact) mass is 162 g/mol. The zero-order valence-electron chi connectivity index (χ0n) is 7.09. The Balaban J connectivity index is 2.64. The van der Waals surface area contributed by atoms with E-state index in [9.17, 15) is 0 Å². The van der Waals surface area contributed by atoms with Gasteiger partial charge in [-0.3, -0.25) is 0 Å². The van der Waals surface area contributed by atoms with Gasteiger partial charge in [-0.05, 0) is 24.1 Å². The molecule has 1 rings (SSSR count). The fraction of sp³-hybridized carbons (Fsp3) is 0.200. The van der Waals surface area contributed by atoms with E-state index in [1.807, 2.05) is 18.2 Å². The number of nitrogens with two attached hydrogens (primary N) is 1. The van der Waals surface area contributed by atoms with E-state index >= 15 is 0 Å². The Morgan fingerprint density at radius 2 is 2.00 bits per heavy atom. The number of hydrogen-bond donors (Lipinski definition) is 2. The summed E-state index contributed by atoms with van der Waals surface area (Å²) in [4.78, 5) is 0. The maximum absolute atomic E-state index is 5.33. The van der Waals surface area contributed by atoms with Gasteiger partial charge in [-0.1, -0.05) is 18.2 Å². The van der Waals surface area contributed by atoms with Crippen molar-refractivity contribution in [3.05, 3.63) is 42.5 Å². The highest BCUT2D eigenvalue weighted by Gasteiger charge is 1.90. The second-order valence-electron chi connectivity index (χ2n) is 2.57. The summed E-state index contributed by atoms with van der Waals surface area (Å²) in [6.07, 6.45) is 2.81. The number of nitrogens with one attached hydrogen (secondary N) is 1. The molecule has 1 aromatic rings. The molecule has 2 heteroatoms. The summed E-state index contributed by atoms with van der Waals surface area (Å²) < 4.78 is 0. The van der Waals surface area contributed by atoms with Crippen molar-refractivity contribution >= 4 is 5.69 Å². The van der Waals surface area contributed by atoms with E-state index in [4.69, 9.17) is 5.73 Å². The smallest absolute Gasteiger partial charge is 0.0628 e. The molecule has 0 bridgehead atoms. The molecule has 0 radical (unpaired) electrons. The Kier molecular flexibility index (Phi) is 3.35. The van der Waals surface area contributed by atoms with E-state index in [0.717, 1.165) is 12.1 Å². The highest BCUT2D eigenvalue weighted by atomic mass is 15.0. The lowest BCUT2D eigenvalue weighted by Crippen LogP contribution is -2.10. The third kappa shape index (κ3) is 2.40. The van der Waals surface area contributed by atoms with Crippen molar-refractivity contribution in [2.24, 2.45) is 5.73 Å². The summed E-state index contributed by atoms with van der Waals surface area (Å²) in [5, 5.41) is 3.03. The Bertz CT molecular complexity index is 239. The van der Waals surface area contributed by atoms with Crippen molar-refractivity contribution in [3.8, 4) is 0 Å². The first kappa shape index (κ1) is 8.81.